The summed E-state index contributed by atoms with van der Waals surface area (Å²) in [5.41, 5.74) is 0.838. The minimum Gasteiger partial charge on any atom is -0.486 e. The van der Waals surface area contributed by atoms with Gasteiger partial charge in [-0.1, -0.05) is 0 Å². The Labute approximate surface area is 146 Å². The number of likely N-dealkylation sites (tertiary alicyclic amines) is 1. The van der Waals surface area contributed by atoms with Crippen molar-refractivity contribution >= 4 is 17.4 Å². The molecule has 1 atom stereocenters. The molecule has 1 aromatic rings. The number of ketones is 1. The molecule has 1 unspecified atom stereocenters. The Hall–Kier alpha value is -2.12. The number of aliphatic hydroxyl groups is 1. The Morgan fingerprint density at radius 3 is 2.40 bits per heavy atom. The van der Waals surface area contributed by atoms with Crippen molar-refractivity contribution in [2.45, 2.75) is 38.8 Å². The Bertz CT molecular complexity index is 668. The summed E-state index contributed by atoms with van der Waals surface area (Å²) in [6, 6.07) is 2.92. The molecule has 0 bridgehead atoms. The summed E-state index contributed by atoms with van der Waals surface area (Å²) in [6.45, 7) is 5.52. The zero-order valence-corrected chi connectivity index (χ0v) is 14.6. The Morgan fingerprint density at radius 1 is 1.20 bits per heavy atom. The number of benzene rings is 1. The van der Waals surface area contributed by atoms with Crippen molar-refractivity contribution in [1.82, 2.24) is 4.90 Å². The summed E-state index contributed by atoms with van der Waals surface area (Å²) in [4.78, 5) is 26.6. The van der Waals surface area contributed by atoms with Crippen molar-refractivity contribution < 1.29 is 24.2 Å². The maximum absolute atomic E-state index is 12.6. The van der Waals surface area contributed by atoms with Gasteiger partial charge in [0.05, 0.1) is 17.8 Å². The van der Waals surface area contributed by atoms with Crippen LogP contribution < -0.4 is 14.8 Å². The lowest BCUT2D eigenvalue weighted by Crippen LogP contribution is -2.47. The van der Waals surface area contributed by atoms with E-state index >= 15 is 0 Å². The van der Waals surface area contributed by atoms with E-state index in [1.54, 1.807) is 12.1 Å². The highest BCUT2D eigenvalue weighted by atomic mass is 16.6. The molecule has 2 N–H and O–H groups in total. The average Bonchev–Trinajstić information content (AvgIpc) is 2.61. The van der Waals surface area contributed by atoms with Crippen LogP contribution in [0, 0.1) is 0 Å². The van der Waals surface area contributed by atoms with E-state index in [0.717, 1.165) is 0 Å². The standard InChI is InChI=1S/C18H24N2O5/c1-11(20-5-3-13(22)4-6-20)18(23)19-15-10-17-16(24-7-8-25-17)9-14(15)12(2)21/h9-11,13,22H,3-8H2,1-2H3,(H,19,23). The quantitative estimate of drug-likeness (QED) is 0.801. The predicted molar refractivity (Wildman–Crippen MR) is 92.3 cm³/mol. The van der Waals surface area contributed by atoms with Crippen LogP contribution in [-0.4, -0.2) is 60.1 Å². The number of nitrogens with zero attached hydrogens (tertiary/aromatic N) is 1. The largest absolute Gasteiger partial charge is 0.486 e. The minimum atomic E-state index is -0.347. The molecule has 3 rings (SSSR count). The van der Waals surface area contributed by atoms with E-state index in [9.17, 15) is 14.7 Å². The molecular formula is C18H24N2O5. The zero-order chi connectivity index (χ0) is 18.0. The molecule has 1 saturated heterocycles. The highest BCUT2D eigenvalue weighted by Gasteiger charge is 2.27. The first-order valence-electron chi connectivity index (χ1n) is 8.63. The Balaban J connectivity index is 1.76. The van der Waals surface area contributed by atoms with Gasteiger partial charge in [-0.25, -0.2) is 0 Å². The topological polar surface area (TPSA) is 88.1 Å². The maximum atomic E-state index is 12.6. The second-order valence-corrected chi connectivity index (χ2v) is 6.53. The molecule has 1 aromatic carbocycles. The molecule has 0 spiro atoms. The summed E-state index contributed by atoms with van der Waals surface area (Å²) in [5, 5.41) is 12.5. The average molecular weight is 348 g/mol. The molecule has 0 saturated carbocycles. The third-order valence-corrected chi connectivity index (χ3v) is 4.75. The summed E-state index contributed by atoms with van der Waals surface area (Å²) in [5.74, 6) is 0.712. The van der Waals surface area contributed by atoms with Crippen LogP contribution in [0.4, 0.5) is 5.69 Å². The van der Waals surface area contributed by atoms with Crippen LogP contribution >= 0.6 is 0 Å². The molecule has 25 heavy (non-hydrogen) atoms. The molecule has 7 heteroatoms. The molecular weight excluding hydrogens is 324 g/mol. The third kappa shape index (κ3) is 3.93. The number of carbonyl (C=O) groups is 2. The van der Waals surface area contributed by atoms with E-state index in [2.05, 4.69) is 5.32 Å². The van der Waals surface area contributed by atoms with E-state index < -0.39 is 0 Å². The number of nitrogens with one attached hydrogen (secondary N) is 1. The Kier molecular flexibility index (Phi) is 5.24. The number of ether oxygens (including phenoxy) is 2. The molecule has 7 nitrogen and oxygen atoms in total. The molecule has 136 valence electrons. The van der Waals surface area contributed by atoms with E-state index in [0.29, 0.717) is 61.9 Å². The number of fused-ring (bicyclic) bond motifs is 1. The number of anilines is 1. The van der Waals surface area contributed by atoms with Crippen LogP contribution in [0.25, 0.3) is 0 Å². The molecule has 1 amide bonds. The first kappa shape index (κ1) is 17.7. The number of aliphatic hydroxyl groups excluding tert-OH is 1. The number of carbonyl (C=O) groups excluding carboxylic acids is 2. The molecule has 2 heterocycles. The van der Waals surface area contributed by atoms with Gasteiger partial charge in [-0.05, 0) is 32.8 Å². The fourth-order valence-corrected chi connectivity index (χ4v) is 3.16. The zero-order valence-electron chi connectivity index (χ0n) is 14.6. The fourth-order valence-electron chi connectivity index (χ4n) is 3.16. The third-order valence-electron chi connectivity index (χ3n) is 4.75. The molecule has 2 aliphatic heterocycles. The lowest BCUT2D eigenvalue weighted by Gasteiger charge is -2.33. The number of Topliss-reactive ketones (excluding diaryl/α,β-unsaturated/α-hetero) is 1. The monoisotopic (exact) mass is 348 g/mol. The summed E-state index contributed by atoms with van der Waals surface area (Å²) < 4.78 is 11.0. The van der Waals surface area contributed by atoms with Gasteiger partial charge in [-0.15, -0.1) is 0 Å². The number of piperidine rings is 1. The molecule has 2 aliphatic rings. The fraction of sp³-hybridized carbons (Fsp3) is 0.556. The molecule has 0 radical (unpaired) electrons. The predicted octanol–water partition coefficient (Wildman–Crippen LogP) is 1.44. The van der Waals surface area contributed by atoms with E-state index in [4.69, 9.17) is 9.47 Å². The van der Waals surface area contributed by atoms with Gasteiger partial charge >= 0.3 is 0 Å². The van der Waals surface area contributed by atoms with Gasteiger partial charge in [0, 0.05) is 24.7 Å². The lowest BCUT2D eigenvalue weighted by molar-refractivity contribution is -0.121. The van der Waals surface area contributed by atoms with Crippen LogP contribution in [0.15, 0.2) is 12.1 Å². The SMILES string of the molecule is CC(=O)c1cc2c(cc1NC(=O)C(C)N1CCC(O)CC1)OCCO2. The number of hydrogen-bond acceptors (Lipinski definition) is 6. The van der Waals surface area contributed by atoms with Gasteiger partial charge < -0.3 is 19.9 Å². The van der Waals surface area contributed by atoms with Crippen molar-refractivity contribution in [3.63, 3.8) is 0 Å². The minimum absolute atomic E-state index is 0.152. The van der Waals surface area contributed by atoms with Crippen molar-refractivity contribution in [1.29, 1.82) is 0 Å². The van der Waals surface area contributed by atoms with E-state index in [-0.39, 0.29) is 23.8 Å². The molecule has 0 aliphatic carbocycles. The smallest absolute Gasteiger partial charge is 0.241 e. The normalized spacial score (nSPS) is 19.3. The van der Waals surface area contributed by atoms with Crippen LogP contribution in [0.1, 0.15) is 37.0 Å². The van der Waals surface area contributed by atoms with Crippen molar-refractivity contribution in [3.8, 4) is 11.5 Å². The van der Waals surface area contributed by atoms with Gasteiger partial charge in [0.1, 0.15) is 13.2 Å². The Morgan fingerprint density at radius 2 is 1.80 bits per heavy atom. The molecule has 1 fully saturated rings. The summed E-state index contributed by atoms with van der Waals surface area (Å²) in [7, 11) is 0. The summed E-state index contributed by atoms with van der Waals surface area (Å²) >= 11 is 0. The van der Waals surface area contributed by atoms with Crippen molar-refractivity contribution in [2.75, 3.05) is 31.6 Å². The first-order valence-corrected chi connectivity index (χ1v) is 8.63. The summed E-state index contributed by atoms with van der Waals surface area (Å²) in [6.07, 6.45) is 1.05. The van der Waals surface area contributed by atoms with Crippen molar-refractivity contribution in [2.24, 2.45) is 0 Å². The molecule has 0 aromatic heterocycles. The second-order valence-electron chi connectivity index (χ2n) is 6.53. The van der Waals surface area contributed by atoms with Crippen LogP contribution in [0.2, 0.25) is 0 Å². The number of amides is 1. The van der Waals surface area contributed by atoms with Crippen LogP contribution in [0.5, 0.6) is 11.5 Å². The van der Waals surface area contributed by atoms with Gasteiger partial charge in [0.25, 0.3) is 0 Å². The van der Waals surface area contributed by atoms with E-state index in [1.165, 1.54) is 6.92 Å². The highest BCUT2D eigenvalue weighted by molar-refractivity contribution is 6.05. The number of rotatable bonds is 4. The van der Waals surface area contributed by atoms with E-state index in [1.807, 2.05) is 11.8 Å². The van der Waals surface area contributed by atoms with Crippen LogP contribution in [-0.2, 0) is 4.79 Å². The lowest BCUT2D eigenvalue weighted by atomic mass is 10.0. The van der Waals surface area contributed by atoms with Crippen LogP contribution in [0.3, 0.4) is 0 Å². The van der Waals surface area contributed by atoms with Gasteiger partial charge in [0.2, 0.25) is 5.91 Å². The second kappa shape index (κ2) is 7.41. The maximum Gasteiger partial charge on any atom is 0.241 e. The first-order chi connectivity index (χ1) is 12.0. The number of hydrogen-bond donors (Lipinski definition) is 2. The van der Waals surface area contributed by atoms with Gasteiger partial charge in [-0.2, -0.15) is 0 Å². The van der Waals surface area contributed by atoms with Gasteiger partial charge in [-0.3, -0.25) is 14.5 Å². The highest BCUT2D eigenvalue weighted by Crippen LogP contribution is 2.36. The van der Waals surface area contributed by atoms with Gasteiger partial charge in [0.15, 0.2) is 17.3 Å². The van der Waals surface area contributed by atoms with Crippen molar-refractivity contribution in [3.05, 3.63) is 17.7 Å².